The van der Waals surface area contributed by atoms with Crippen molar-refractivity contribution in [3.63, 3.8) is 0 Å². The quantitative estimate of drug-likeness (QED) is 0.0214. The minimum Gasteiger partial charge on any atom is -0.480 e. The van der Waals surface area contributed by atoms with Crippen molar-refractivity contribution in [1.82, 2.24) is 20.3 Å². The average molecular weight is 824 g/mol. The molecule has 0 aliphatic heterocycles. The largest absolute Gasteiger partial charge is 0.480 e. The van der Waals surface area contributed by atoms with E-state index in [-0.39, 0.29) is 19.0 Å². The van der Waals surface area contributed by atoms with Gasteiger partial charge in [-0.05, 0) is 80.6 Å². The number of aromatic nitrogens is 4. The fraction of sp³-hybridized carbons (Fsp3) is 0.415. The lowest BCUT2D eigenvalue weighted by Crippen LogP contribution is -2.13. The number of oxime groups is 1. The molecule has 2 aromatic heterocycles. The summed E-state index contributed by atoms with van der Waals surface area (Å²) in [6.45, 7) is 13.3. The van der Waals surface area contributed by atoms with Crippen LogP contribution in [0.5, 0.6) is 0 Å². The molecular weight excluding hydrogens is 766 g/mol. The smallest absolute Gasteiger partial charge is 0.329 e. The number of carbonyl (C=O) groups is 1. The molecule has 322 valence electrons. The van der Waals surface area contributed by atoms with Gasteiger partial charge in [0.25, 0.3) is 11.8 Å². The van der Waals surface area contributed by atoms with E-state index < -0.39 is 5.97 Å². The number of nitrogen functional groups attached to an aromatic ring is 1. The van der Waals surface area contributed by atoms with Crippen molar-refractivity contribution in [2.45, 2.75) is 47.8 Å². The molecule has 6 N–H and O–H groups in total. The van der Waals surface area contributed by atoms with E-state index in [2.05, 4.69) is 60.9 Å². The first-order valence-corrected chi connectivity index (χ1v) is 18.4. The van der Waals surface area contributed by atoms with Crippen LogP contribution in [0.4, 0.5) is 5.69 Å². The molecule has 0 fully saturated rings. The number of rotatable bonds is 18. The first kappa shape index (κ1) is 49.4. The molecule has 0 aliphatic rings. The van der Waals surface area contributed by atoms with Crippen molar-refractivity contribution < 1.29 is 52.6 Å². The van der Waals surface area contributed by atoms with E-state index in [0.717, 1.165) is 27.8 Å². The van der Waals surface area contributed by atoms with Gasteiger partial charge in [-0.1, -0.05) is 51.9 Å². The Bertz CT molecular complexity index is 1900. The van der Waals surface area contributed by atoms with Crippen LogP contribution >= 0.6 is 0 Å². The van der Waals surface area contributed by atoms with Gasteiger partial charge in [-0.25, -0.2) is 4.79 Å². The Labute approximate surface area is 344 Å². The fourth-order valence-electron chi connectivity index (χ4n) is 4.39. The molecule has 0 aliphatic carbocycles. The van der Waals surface area contributed by atoms with E-state index >= 15 is 0 Å². The number of carboxylic acids is 1. The Morgan fingerprint density at radius 1 is 0.644 bits per heavy atom. The molecule has 3 aromatic carbocycles. The van der Waals surface area contributed by atoms with Crippen LogP contribution in [0.3, 0.4) is 0 Å². The van der Waals surface area contributed by atoms with Crippen LogP contribution in [0.2, 0.25) is 0 Å². The number of carboxylic acid groups (broad SMARTS) is 1. The molecule has 0 unspecified atom stereocenters. The number of aliphatic carboxylic acids is 1. The zero-order valence-corrected chi connectivity index (χ0v) is 35.0. The second-order valence-corrected chi connectivity index (χ2v) is 12.7. The van der Waals surface area contributed by atoms with Gasteiger partial charge in [-0.15, -0.1) is 0 Å². The van der Waals surface area contributed by atoms with Crippen molar-refractivity contribution in [2.75, 3.05) is 73.3 Å². The van der Waals surface area contributed by atoms with Gasteiger partial charge in [-0.2, -0.15) is 9.97 Å². The first-order valence-electron chi connectivity index (χ1n) is 18.4. The predicted molar refractivity (Wildman–Crippen MR) is 220 cm³/mol. The van der Waals surface area contributed by atoms with Crippen molar-refractivity contribution in [1.29, 1.82) is 0 Å². The summed E-state index contributed by atoms with van der Waals surface area (Å²) in [6, 6.07) is 17.4. The SMILES string of the molecule is COCCOCC(=O)O.COCCOCc1nc(-c2ccc(C)c(C)c2)no1.COCCOCc1nc(-c2ccc(C)c(N)c2)no1.Cc1ccc(/C(N)=N/O)cc1C. The lowest BCUT2D eigenvalue weighted by Gasteiger charge is -2.02. The number of nitrogens with two attached hydrogens (primary N) is 2. The third-order valence-corrected chi connectivity index (χ3v) is 8.12. The van der Waals surface area contributed by atoms with Gasteiger partial charge >= 0.3 is 5.97 Å². The van der Waals surface area contributed by atoms with Crippen LogP contribution in [-0.2, 0) is 46.4 Å². The Morgan fingerprint density at radius 2 is 1.10 bits per heavy atom. The van der Waals surface area contributed by atoms with E-state index in [0.29, 0.717) is 75.4 Å². The average Bonchev–Trinajstić information content (AvgIpc) is 3.91. The van der Waals surface area contributed by atoms with Crippen LogP contribution in [0, 0.1) is 34.6 Å². The highest BCUT2D eigenvalue weighted by molar-refractivity contribution is 5.97. The maximum atomic E-state index is 9.80. The third kappa shape index (κ3) is 19.0. The highest BCUT2D eigenvalue weighted by Gasteiger charge is 2.11. The van der Waals surface area contributed by atoms with Crippen molar-refractivity contribution in [3.8, 4) is 22.8 Å². The lowest BCUT2D eigenvalue weighted by atomic mass is 10.1. The second kappa shape index (κ2) is 27.8. The highest BCUT2D eigenvalue weighted by Crippen LogP contribution is 2.22. The number of hydrogen-bond donors (Lipinski definition) is 4. The Kier molecular flexibility index (Phi) is 23.3. The standard InChI is InChI=1S/C14H18N2O3.C13H17N3O3.C9H12N2O.C5H10O4/c1-10-4-5-12(8-11(10)2)14-15-13(19-16-14)9-18-7-6-17-3;1-9-3-4-10(7-11(9)14)13-15-12(19-16-13)8-18-6-5-17-2;1-6-3-4-8(5-7(6)2)9(10)11-12;1-8-2-3-9-4-5(6)7/h4-5,8H,6-7,9H2,1-3H3;3-4,7H,5-6,8,14H2,1-2H3;3-5,12H,1-2H3,(H2,10,11);2-4H2,1H3,(H,6,7). The molecule has 0 radical (unpaired) electrons. The van der Waals surface area contributed by atoms with Crippen molar-refractivity contribution >= 4 is 17.5 Å². The zero-order valence-electron chi connectivity index (χ0n) is 35.0. The molecule has 59 heavy (non-hydrogen) atoms. The van der Waals surface area contributed by atoms with Crippen molar-refractivity contribution in [2.24, 2.45) is 10.9 Å². The van der Waals surface area contributed by atoms with E-state index in [9.17, 15) is 4.79 Å². The van der Waals surface area contributed by atoms with Gasteiger partial charge in [0, 0.05) is 43.7 Å². The van der Waals surface area contributed by atoms with Gasteiger partial charge in [0.1, 0.15) is 19.8 Å². The van der Waals surface area contributed by atoms with Crippen LogP contribution in [-0.4, -0.2) is 110 Å². The molecule has 18 heteroatoms. The first-order chi connectivity index (χ1) is 28.3. The minimum atomic E-state index is -0.953. The lowest BCUT2D eigenvalue weighted by molar-refractivity contribution is -0.142. The summed E-state index contributed by atoms with van der Waals surface area (Å²) in [5.74, 6) is 1.21. The topological polar surface area (TPSA) is 255 Å². The van der Waals surface area contributed by atoms with Crippen LogP contribution in [0.1, 0.15) is 45.2 Å². The number of amidine groups is 1. The van der Waals surface area contributed by atoms with Gasteiger partial charge in [-0.3, -0.25) is 0 Å². The predicted octanol–water partition coefficient (Wildman–Crippen LogP) is 5.44. The zero-order chi connectivity index (χ0) is 43.6. The number of hydrogen-bond acceptors (Lipinski definition) is 16. The molecule has 0 amide bonds. The molecule has 0 atom stereocenters. The summed E-state index contributed by atoms with van der Waals surface area (Å²) in [5, 5.41) is 27.2. The molecule has 18 nitrogen and oxygen atoms in total. The summed E-state index contributed by atoms with van der Waals surface area (Å²) in [6.07, 6.45) is 0. The number of methoxy groups -OCH3 is 3. The Morgan fingerprint density at radius 3 is 1.54 bits per heavy atom. The molecule has 0 saturated carbocycles. The second-order valence-electron chi connectivity index (χ2n) is 12.7. The fourth-order valence-corrected chi connectivity index (χ4v) is 4.39. The van der Waals surface area contributed by atoms with Gasteiger partial charge < -0.3 is 59.2 Å². The number of anilines is 1. The molecule has 0 saturated heterocycles. The maximum Gasteiger partial charge on any atom is 0.329 e. The van der Waals surface area contributed by atoms with E-state index in [1.54, 1.807) is 14.2 Å². The molecule has 5 aromatic rings. The third-order valence-electron chi connectivity index (χ3n) is 8.12. The summed E-state index contributed by atoms with van der Waals surface area (Å²) in [7, 11) is 4.79. The van der Waals surface area contributed by atoms with Gasteiger partial charge in [0.05, 0.1) is 39.6 Å². The van der Waals surface area contributed by atoms with Gasteiger partial charge in [0.15, 0.2) is 5.84 Å². The summed E-state index contributed by atoms with van der Waals surface area (Å²) in [5.41, 5.74) is 20.3. The minimum absolute atomic E-state index is 0.151. The molecular formula is C41H57N7O11. The van der Waals surface area contributed by atoms with E-state index in [1.165, 1.54) is 23.8 Å². The van der Waals surface area contributed by atoms with Crippen LogP contribution in [0.15, 0.2) is 68.8 Å². The van der Waals surface area contributed by atoms with Crippen molar-refractivity contribution in [3.05, 3.63) is 99.8 Å². The maximum absolute atomic E-state index is 9.80. The number of benzene rings is 3. The normalized spacial score (nSPS) is 10.8. The van der Waals surface area contributed by atoms with Crippen LogP contribution < -0.4 is 11.5 Å². The Balaban J connectivity index is 0.000000283. The van der Waals surface area contributed by atoms with Gasteiger partial charge in [0.2, 0.25) is 11.6 Å². The number of ether oxygens (including phenoxy) is 6. The molecule has 2 heterocycles. The summed E-state index contributed by atoms with van der Waals surface area (Å²) < 4.78 is 39.9. The Hall–Kier alpha value is -5.76. The van der Waals surface area contributed by atoms with E-state index in [1.807, 2.05) is 63.2 Å². The van der Waals surface area contributed by atoms with E-state index in [4.69, 9.17) is 49.8 Å². The molecule has 5 rings (SSSR count). The molecule has 0 spiro atoms. The summed E-state index contributed by atoms with van der Waals surface area (Å²) >= 11 is 0. The monoisotopic (exact) mass is 823 g/mol. The molecule has 0 bridgehead atoms. The number of nitrogens with zero attached hydrogens (tertiary/aromatic N) is 5. The summed E-state index contributed by atoms with van der Waals surface area (Å²) in [4.78, 5) is 18.4. The number of aryl methyl sites for hydroxylation is 5. The highest BCUT2D eigenvalue weighted by atomic mass is 16.5. The van der Waals surface area contributed by atoms with Crippen LogP contribution in [0.25, 0.3) is 22.8 Å².